The number of allylic oxidation sites excluding steroid dienone is 1. The van der Waals surface area contributed by atoms with Crippen LogP contribution in [0.15, 0.2) is 12.2 Å². The third kappa shape index (κ3) is 2.81. The quantitative estimate of drug-likeness (QED) is 0.497. The molecule has 3 heteroatoms. The minimum Gasteiger partial charge on any atom is -0.384 e. The van der Waals surface area contributed by atoms with E-state index < -0.39 is 0 Å². The number of fused-ring (bicyclic) bond motifs is 5. The van der Waals surface area contributed by atoms with Crippen LogP contribution in [0.1, 0.15) is 64.7 Å². The summed E-state index contributed by atoms with van der Waals surface area (Å²) in [5, 5.41) is 0. The van der Waals surface area contributed by atoms with Crippen molar-refractivity contribution in [3.63, 3.8) is 0 Å². The molecule has 0 aromatic carbocycles. The van der Waals surface area contributed by atoms with Crippen LogP contribution in [0.3, 0.4) is 0 Å². The minimum atomic E-state index is 0.376. The fourth-order valence-corrected chi connectivity index (χ4v) is 7.78. The molecule has 4 saturated carbocycles. The second-order valence-electron chi connectivity index (χ2n) is 9.89. The van der Waals surface area contributed by atoms with Crippen LogP contribution in [0.4, 0.5) is 0 Å². The second kappa shape index (κ2) is 7.22. The highest BCUT2D eigenvalue weighted by Gasteiger charge is 2.60. The van der Waals surface area contributed by atoms with E-state index in [1.807, 2.05) is 7.11 Å². The number of hydrogen-bond acceptors (Lipinski definition) is 3. The van der Waals surface area contributed by atoms with E-state index in [9.17, 15) is 0 Å². The highest BCUT2D eigenvalue weighted by Crippen LogP contribution is 2.67. The lowest BCUT2D eigenvalue weighted by Gasteiger charge is -2.61. The summed E-state index contributed by atoms with van der Waals surface area (Å²) in [6, 6.07) is 0. The number of methoxy groups -OCH3 is 2. The van der Waals surface area contributed by atoms with Crippen LogP contribution in [0.5, 0.6) is 0 Å². The van der Waals surface area contributed by atoms with Crippen LogP contribution in [-0.2, 0) is 14.2 Å². The van der Waals surface area contributed by atoms with Crippen LogP contribution in [0, 0.1) is 34.5 Å². The molecular weight excluding hydrogens is 324 g/mol. The first-order valence-corrected chi connectivity index (χ1v) is 10.8. The van der Waals surface area contributed by atoms with Gasteiger partial charge in [-0.05, 0) is 92.3 Å². The van der Waals surface area contributed by atoms with Crippen LogP contribution in [0.2, 0.25) is 0 Å². The van der Waals surface area contributed by atoms with Gasteiger partial charge in [0, 0.05) is 14.2 Å². The van der Waals surface area contributed by atoms with Crippen molar-refractivity contribution in [2.24, 2.45) is 34.5 Å². The molecule has 4 aliphatic carbocycles. The summed E-state index contributed by atoms with van der Waals surface area (Å²) < 4.78 is 17.0. The van der Waals surface area contributed by atoms with Gasteiger partial charge in [0.25, 0.3) is 0 Å². The predicted octanol–water partition coefficient (Wildman–Crippen LogP) is 5.20. The van der Waals surface area contributed by atoms with Crippen LogP contribution < -0.4 is 0 Å². The Bertz CT molecular complexity index is 532. The molecule has 0 amide bonds. The average Bonchev–Trinajstić information content (AvgIpc) is 2.95. The van der Waals surface area contributed by atoms with Gasteiger partial charge >= 0.3 is 0 Å². The van der Waals surface area contributed by atoms with Crippen molar-refractivity contribution in [2.45, 2.75) is 70.8 Å². The summed E-state index contributed by atoms with van der Waals surface area (Å²) in [5.41, 5.74) is 2.34. The Kier molecular flexibility index (Phi) is 5.26. The Morgan fingerprint density at radius 2 is 1.85 bits per heavy atom. The Labute approximate surface area is 159 Å². The zero-order valence-corrected chi connectivity index (χ0v) is 17.1. The van der Waals surface area contributed by atoms with Crippen molar-refractivity contribution < 1.29 is 14.2 Å². The van der Waals surface area contributed by atoms with E-state index in [1.165, 1.54) is 57.8 Å². The molecule has 0 aliphatic heterocycles. The zero-order valence-electron chi connectivity index (χ0n) is 17.1. The van der Waals surface area contributed by atoms with Gasteiger partial charge in [-0.2, -0.15) is 0 Å². The third-order valence-electron chi connectivity index (χ3n) is 9.11. The maximum absolute atomic E-state index is 5.97. The van der Waals surface area contributed by atoms with E-state index in [0.717, 1.165) is 30.3 Å². The summed E-state index contributed by atoms with van der Waals surface area (Å²) in [6.07, 6.45) is 12.1. The van der Waals surface area contributed by atoms with Crippen LogP contribution in [0.25, 0.3) is 0 Å². The smallest absolute Gasteiger partial charge is 0.146 e. The predicted molar refractivity (Wildman–Crippen MR) is 104 cm³/mol. The van der Waals surface area contributed by atoms with E-state index in [2.05, 4.69) is 13.5 Å². The largest absolute Gasteiger partial charge is 0.384 e. The molecule has 4 aliphatic rings. The monoisotopic (exact) mass is 362 g/mol. The standard InChI is InChI=1S/C23H38O3/c1-16-5-8-20-19-7-6-17-13-18(26-15-25-4)9-12-23(17,14-24-3)21(19)10-11-22(16,20)2/h17-21H,1,5-15H2,2-4H3/t17?,18?,19-,20-,21+,22+,23+/m0/s1. The number of hydrogen-bond donors (Lipinski definition) is 0. The van der Waals surface area contributed by atoms with Crippen molar-refractivity contribution in [2.75, 3.05) is 27.6 Å². The van der Waals surface area contributed by atoms with Crippen LogP contribution in [-0.4, -0.2) is 33.7 Å². The molecule has 0 saturated heterocycles. The van der Waals surface area contributed by atoms with Crippen molar-refractivity contribution in [3.8, 4) is 0 Å². The zero-order chi connectivity index (χ0) is 18.4. The highest BCUT2D eigenvalue weighted by atomic mass is 16.7. The first-order valence-electron chi connectivity index (χ1n) is 10.8. The lowest BCUT2D eigenvalue weighted by Crippen LogP contribution is -2.56. The lowest BCUT2D eigenvalue weighted by molar-refractivity contribution is -0.171. The summed E-state index contributed by atoms with van der Waals surface area (Å²) in [4.78, 5) is 0. The summed E-state index contributed by atoms with van der Waals surface area (Å²) in [6.45, 7) is 8.37. The molecule has 0 aromatic heterocycles. The average molecular weight is 363 g/mol. The van der Waals surface area contributed by atoms with Gasteiger partial charge < -0.3 is 14.2 Å². The topological polar surface area (TPSA) is 27.7 Å². The SMILES string of the molecule is C=C1CC[C@H]2[C@@H]3CCC4CC(OCOC)CC[C@]4(COC)[C@@H]3CC[C@]12C. The first kappa shape index (κ1) is 19.0. The molecule has 4 rings (SSSR count). The van der Waals surface area contributed by atoms with Crippen LogP contribution >= 0.6 is 0 Å². The number of rotatable bonds is 5. The molecule has 148 valence electrons. The molecule has 0 bridgehead atoms. The molecule has 0 radical (unpaired) electrons. The van der Waals surface area contributed by atoms with Gasteiger partial charge in [-0.15, -0.1) is 0 Å². The fraction of sp³-hybridized carbons (Fsp3) is 0.913. The van der Waals surface area contributed by atoms with Gasteiger partial charge in [-0.1, -0.05) is 19.1 Å². The van der Waals surface area contributed by atoms with E-state index in [4.69, 9.17) is 14.2 Å². The Morgan fingerprint density at radius 1 is 1.00 bits per heavy atom. The minimum absolute atomic E-state index is 0.376. The third-order valence-corrected chi connectivity index (χ3v) is 9.11. The molecular formula is C23H38O3. The van der Waals surface area contributed by atoms with Crippen molar-refractivity contribution in [1.82, 2.24) is 0 Å². The van der Waals surface area contributed by atoms with Crippen molar-refractivity contribution in [3.05, 3.63) is 12.2 Å². The second-order valence-corrected chi connectivity index (χ2v) is 9.89. The molecule has 26 heavy (non-hydrogen) atoms. The Balaban J connectivity index is 1.57. The van der Waals surface area contributed by atoms with Gasteiger partial charge in [0.15, 0.2) is 0 Å². The Hall–Kier alpha value is -0.380. The van der Waals surface area contributed by atoms with E-state index in [-0.39, 0.29) is 0 Å². The highest BCUT2D eigenvalue weighted by molar-refractivity contribution is 5.21. The molecule has 2 unspecified atom stereocenters. The normalized spacial score (nSPS) is 48.0. The first-order chi connectivity index (χ1) is 12.5. The maximum atomic E-state index is 5.97. The van der Waals surface area contributed by atoms with Gasteiger partial charge in [-0.3, -0.25) is 0 Å². The molecule has 7 atom stereocenters. The maximum Gasteiger partial charge on any atom is 0.146 e. The van der Waals surface area contributed by atoms with Crippen molar-refractivity contribution >= 4 is 0 Å². The van der Waals surface area contributed by atoms with Gasteiger partial charge in [0.2, 0.25) is 0 Å². The molecule has 0 aromatic rings. The summed E-state index contributed by atoms with van der Waals surface area (Å²) in [5.74, 6) is 3.35. The Morgan fingerprint density at radius 3 is 2.62 bits per heavy atom. The fourth-order valence-electron chi connectivity index (χ4n) is 7.78. The van der Waals surface area contributed by atoms with E-state index >= 15 is 0 Å². The molecule has 0 spiro atoms. The molecule has 3 nitrogen and oxygen atoms in total. The van der Waals surface area contributed by atoms with Gasteiger partial charge in [-0.25, -0.2) is 0 Å². The van der Waals surface area contributed by atoms with Gasteiger partial charge in [0.05, 0.1) is 12.7 Å². The van der Waals surface area contributed by atoms with E-state index in [0.29, 0.717) is 23.7 Å². The van der Waals surface area contributed by atoms with Gasteiger partial charge in [0.1, 0.15) is 6.79 Å². The van der Waals surface area contributed by atoms with Crippen molar-refractivity contribution in [1.29, 1.82) is 0 Å². The number of ether oxygens (including phenoxy) is 3. The molecule has 0 N–H and O–H groups in total. The van der Waals surface area contributed by atoms with E-state index in [1.54, 1.807) is 12.7 Å². The summed E-state index contributed by atoms with van der Waals surface area (Å²) >= 11 is 0. The molecule has 0 heterocycles. The molecule has 4 fully saturated rings. The summed E-state index contributed by atoms with van der Waals surface area (Å²) in [7, 11) is 3.63. The lowest BCUT2D eigenvalue weighted by atomic mass is 9.44.